The van der Waals surface area contributed by atoms with Crippen LogP contribution in [-0.2, 0) is 0 Å². The molecule has 0 aromatic heterocycles. The minimum absolute atomic E-state index is 0.616. The zero-order chi connectivity index (χ0) is 7.98. The van der Waals surface area contributed by atoms with Crippen LogP contribution in [0.1, 0.15) is 19.8 Å². The summed E-state index contributed by atoms with van der Waals surface area (Å²) in [6, 6.07) is 0. The topological polar surface area (TPSA) is 20.2 Å². The predicted molar refractivity (Wildman–Crippen MR) is 38.9 cm³/mol. The molecule has 0 aliphatic heterocycles. The summed E-state index contributed by atoms with van der Waals surface area (Å²) in [4.78, 5) is 0. The quantitative estimate of drug-likeness (QED) is 0.594. The van der Waals surface area contributed by atoms with Gasteiger partial charge >= 0.3 is 0 Å². The molecular formula is C8H11FO. The zero-order valence-corrected chi connectivity index (χ0v) is 5.97. The first-order valence-electron chi connectivity index (χ1n) is 3.22. The molecular weight excluding hydrogens is 131 g/mol. The molecule has 0 saturated carbocycles. The summed E-state index contributed by atoms with van der Waals surface area (Å²) in [5.41, 5.74) is 0. The van der Waals surface area contributed by atoms with Gasteiger partial charge in [0.05, 0.1) is 0 Å². The summed E-state index contributed by atoms with van der Waals surface area (Å²) in [7, 11) is 0. The Balaban J connectivity index is 3.82. The van der Waals surface area contributed by atoms with Crippen molar-refractivity contribution in [2.24, 2.45) is 0 Å². The summed E-state index contributed by atoms with van der Waals surface area (Å²) in [6.45, 7) is 1.92. The van der Waals surface area contributed by atoms with E-state index in [4.69, 9.17) is 11.5 Å². The van der Waals surface area contributed by atoms with E-state index in [1.807, 2.05) is 12.8 Å². The van der Waals surface area contributed by atoms with Gasteiger partial charge in [-0.25, -0.2) is 4.39 Å². The van der Waals surface area contributed by atoms with Crippen LogP contribution in [-0.4, -0.2) is 11.2 Å². The molecule has 1 nitrogen and oxygen atoms in total. The van der Waals surface area contributed by atoms with Crippen molar-refractivity contribution in [1.82, 2.24) is 0 Å². The van der Waals surface area contributed by atoms with Crippen LogP contribution in [0.25, 0.3) is 0 Å². The average molecular weight is 142 g/mol. The van der Waals surface area contributed by atoms with Crippen LogP contribution in [0.4, 0.5) is 4.39 Å². The Kier molecular flexibility index (Phi) is 4.61. The minimum Gasteiger partial charge on any atom is -0.374 e. The molecule has 1 N–H and O–H groups in total. The van der Waals surface area contributed by atoms with Gasteiger partial charge in [-0.15, -0.1) is 6.42 Å². The lowest BCUT2D eigenvalue weighted by atomic mass is 10.2. The molecule has 0 aliphatic carbocycles. The van der Waals surface area contributed by atoms with Gasteiger partial charge in [-0.2, -0.15) is 0 Å². The van der Waals surface area contributed by atoms with Crippen LogP contribution >= 0.6 is 0 Å². The number of terminal acetylenes is 1. The van der Waals surface area contributed by atoms with E-state index >= 15 is 0 Å². The van der Waals surface area contributed by atoms with Crippen molar-refractivity contribution in [3.63, 3.8) is 0 Å². The zero-order valence-electron chi connectivity index (χ0n) is 5.97. The number of aliphatic hydroxyl groups excluding tert-OH is 1. The van der Waals surface area contributed by atoms with Crippen LogP contribution in [0, 0.1) is 12.3 Å². The number of hydrogen-bond donors (Lipinski definition) is 1. The Morgan fingerprint density at radius 1 is 1.90 bits per heavy atom. The SMILES string of the molecule is C#CC(O)/C(F)=C\CCC. The van der Waals surface area contributed by atoms with Crippen LogP contribution < -0.4 is 0 Å². The number of aliphatic hydroxyl groups is 1. The molecule has 56 valence electrons. The van der Waals surface area contributed by atoms with Crippen molar-refractivity contribution in [2.75, 3.05) is 0 Å². The van der Waals surface area contributed by atoms with E-state index in [1.54, 1.807) is 0 Å². The maximum Gasteiger partial charge on any atom is 0.165 e. The summed E-state index contributed by atoms with van der Waals surface area (Å²) in [5.74, 6) is 1.26. The van der Waals surface area contributed by atoms with E-state index < -0.39 is 11.9 Å². The first kappa shape index (κ1) is 9.19. The second-order valence-electron chi connectivity index (χ2n) is 1.95. The third-order valence-electron chi connectivity index (χ3n) is 1.05. The maximum atomic E-state index is 12.5. The van der Waals surface area contributed by atoms with Crippen molar-refractivity contribution in [1.29, 1.82) is 0 Å². The van der Waals surface area contributed by atoms with Crippen molar-refractivity contribution in [3.05, 3.63) is 11.9 Å². The standard InChI is InChI=1S/C8H11FO/c1-3-5-6-7(9)8(10)4-2/h2,6,8,10H,3,5H2,1H3/b7-6+. The lowest BCUT2D eigenvalue weighted by Gasteiger charge is -1.97. The molecule has 1 unspecified atom stereocenters. The fourth-order valence-corrected chi connectivity index (χ4v) is 0.473. The summed E-state index contributed by atoms with van der Waals surface area (Å²) < 4.78 is 12.5. The van der Waals surface area contributed by atoms with Gasteiger partial charge in [0.25, 0.3) is 0 Å². The molecule has 2 heteroatoms. The van der Waals surface area contributed by atoms with Gasteiger partial charge in [0.15, 0.2) is 6.10 Å². The summed E-state index contributed by atoms with van der Waals surface area (Å²) >= 11 is 0. The summed E-state index contributed by atoms with van der Waals surface area (Å²) in [6.07, 6.45) is 6.19. The lowest BCUT2D eigenvalue weighted by Crippen LogP contribution is -2.02. The van der Waals surface area contributed by atoms with Crippen LogP contribution in [0.2, 0.25) is 0 Å². The molecule has 0 radical (unpaired) electrons. The second-order valence-corrected chi connectivity index (χ2v) is 1.95. The van der Waals surface area contributed by atoms with Crippen LogP contribution in [0.15, 0.2) is 11.9 Å². The Labute approximate surface area is 60.6 Å². The Morgan fingerprint density at radius 2 is 2.50 bits per heavy atom. The lowest BCUT2D eigenvalue weighted by molar-refractivity contribution is 0.236. The third kappa shape index (κ3) is 3.26. The number of hydrogen-bond acceptors (Lipinski definition) is 1. The monoisotopic (exact) mass is 142 g/mol. The second kappa shape index (κ2) is 5.01. The van der Waals surface area contributed by atoms with E-state index in [2.05, 4.69) is 0 Å². The molecule has 0 amide bonds. The van der Waals surface area contributed by atoms with Crippen LogP contribution in [0.5, 0.6) is 0 Å². The van der Waals surface area contributed by atoms with Crippen molar-refractivity contribution >= 4 is 0 Å². The fourth-order valence-electron chi connectivity index (χ4n) is 0.473. The molecule has 0 aliphatic rings. The number of allylic oxidation sites excluding steroid dienone is 1. The first-order valence-corrected chi connectivity index (χ1v) is 3.22. The van der Waals surface area contributed by atoms with Crippen molar-refractivity contribution in [3.8, 4) is 12.3 Å². The van der Waals surface area contributed by atoms with Crippen LogP contribution in [0.3, 0.4) is 0 Å². The fraction of sp³-hybridized carbons (Fsp3) is 0.500. The highest BCUT2D eigenvalue weighted by Crippen LogP contribution is 2.04. The Morgan fingerprint density at radius 3 is 2.90 bits per heavy atom. The molecule has 1 atom stereocenters. The molecule has 0 bridgehead atoms. The molecule has 0 spiro atoms. The highest BCUT2D eigenvalue weighted by atomic mass is 19.1. The highest BCUT2D eigenvalue weighted by Gasteiger charge is 2.03. The molecule has 0 fully saturated rings. The van der Waals surface area contributed by atoms with E-state index in [0.717, 1.165) is 6.42 Å². The normalized spacial score (nSPS) is 14.4. The maximum absolute atomic E-state index is 12.5. The minimum atomic E-state index is -1.36. The molecule has 0 aromatic rings. The highest BCUT2D eigenvalue weighted by molar-refractivity contribution is 5.12. The predicted octanol–water partition coefficient (Wildman–Crippen LogP) is 1.63. The largest absolute Gasteiger partial charge is 0.374 e. The van der Waals surface area contributed by atoms with Gasteiger partial charge in [0, 0.05) is 0 Å². The third-order valence-corrected chi connectivity index (χ3v) is 1.05. The van der Waals surface area contributed by atoms with Gasteiger partial charge in [0.2, 0.25) is 0 Å². The van der Waals surface area contributed by atoms with Gasteiger partial charge in [-0.3, -0.25) is 0 Å². The van der Waals surface area contributed by atoms with Gasteiger partial charge in [0.1, 0.15) is 5.83 Å². The molecule has 0 aromatic carbocycles. The van der Waals surface area contributed by atoms with E-state index in [9.17, 15) is 4.39 Å². The molecule has 10 heavy (non-hydrogen) atoms. The van der Waals surface area contributed by atoms with Gasteiger partial charge < -0.3 is 5.11 Å². The first-order chi connectivity index (χ1) is 4.72. The molecule has 0 rings (SSSR count). The van der Waals surface area contributed by atoms with Gasteiger partial charge in [-0.1, -0.05) is 19.3 Å². The average Bonchev–Trinajstić information content (AvgIpc) is 1.98. The Bertz CT molecular complexity index is 155. The van der Waals surface area contributed by atoms with Crippen molar-refractivity contribution < 1.29 is 9.50 Å². The molecule has 0 heterocycles. The Hall–Kier alpha value is -0.810. The summed E-state index contributed by atoms with van der Waals surface area (Å²) in [5, 5.41) is 8.67. The molecule has 0 saturated heterocycles. The number of unbranched alkanes of at least 4 members (excludes halogenated alkanes) is 1. The van der Waals surface area contributed by atoms with E-state index in [1.165, 1.54) is 6.08 Å². The van der Waals surface area contributed by atoms with Gasteiger partial charge in [-0.05, 0) is 12.5 Å². The smallest absolute Gasteiger partial charge is 0.165 e. The number of rotatable bonds is 3. The van der Waals surface area contributed by atoms with E-state index in [-0.39, 0.29) is 0 Å². The van der Waals surface area contributed by atoms with E-state index in [0.29, 0.717) is 6.42 Å². The van der Waals surface area contributed by atoms with Crippen molar-refractivity contribution in [2.45, 2.75) is 25.9 Å². The number of halogens is 1.